The third kappa shape index (κ3) is 3.84. The Hall–Kier alpha value is -1.38. The van der Waals surface area contributed by atoms with Crippen molar-refractivity contribution in [3.63, 3.8) is 0 Å². The van der Waals surface area contributed by atoms with Gasteiger partial charge in [-0.05, 0) is 25.8 Å². The third-order valence-electron chi connectivity index (χ3n) is 4.34. The first-order valence-corrected chi connectivity index (χ1v) is 8.13. The molecule has 116 valence electrons. The van der Waals surface area contributed by atoms with Crippen LogP contribution in [0.1, 0.15) is 38.6 Å². The van der Waals surface area contributed by atoms with Crippen LogP contribution >= 0.6 is 0 Å². The van der Waals surface area contributed by atoms with Crippen molar-refractivity contribution in [1.29, 1.82) is 5.26 Å². The van der Waals surface area contributed by atoms with Crippen molar-refractivity contribution in [2.75, 3.05) is 26.2 Å². The van der Waals surface area contributed by atoms with E-state index in [-0.39, 0.29) is 6.04 Å². The van der Waals surface area contributed by atoms with Crippen molar-refractivity contribution in [2.24, 2.45) is 0 Å². The van der Waals surface area contributed by atoms with Gasteiger partial charge in [-0.2, -0.15) is 10.4 Å². The van der Waals surface area contributed by atoms with Gasteiger partial charge in [0.05, 0.1) is 23.5 Å². The average molecular weight is 289 g/mol. The van der Waals surface area contributed by atoms with Gasteiger partial charge in [0.2, 0.25) is 0 Å². The predicted octanol–water partition coefficient (Wildman–Crippen LogP) is 1.89. The first kappa shape index (κ1) is 16.0. The zero-order valence-electron chi connectivity index (χ0n) is 13.5. The highest BCUT2D eigenvalue weighted by atomic mass is 15.3. The standard InChI is InChI=1S/C16H27N5/c1-4-14-11-16(21(6-3)18-14)13-19-7-9-20(10-8-19)15(5-2)12-17/h11,15H,4-10,13H2,1-3H3. The van der Waals surface area contributed by atoms with E-state index in [0.29, 0.717) is 0 Å². The van der Waals surface area contributed by atoms with Crippen LogP contribution in [0.5, 0.6) is 0 Å². The van der Waals surface area contributed by atoms with Crippen LogP contribution in [-0.2, 0) is 19.5 Å². The van der Waals surface area contributed by atoms with Crippen molar-refractivity contribution in [3.05, 3.63) is 17.5 Å². The Morgan fingerprint density at radius 2 is 1.95 bits per heavy atom. The Labute approximate surface area is 128 Å². The van der Waals surface area contributed by atoms with Crippen LogP contribution < -0.4 is 0 Å². The molecule has 0 bridgehead atoms. The summed E-state index contributed by atoms with van der Waals surface area (Å²) in [6.45, 7) is 12.3. The van der Waals surface area contributed by atoms with Gasteiger partial charge in [0.15, 0.2) is 0 Å². The normalized spacial score (nSPS) is 18.6. The molecule has 0 N–H and O–H groups in total. The SMILES string of the molecule is CCc1cc(CN2CCN(C(C#N)CC)CC2)n(CC)n1. The van der Waals surface area contributed by atoms with E-state index in [1.165, 1.54) is 11.4 Å². The largest absolute Gasteiger partial charge is 0.295 e. The van der Waals surface area contributed by atoms with Gasteiger partial charge in [-0.25, -0.2) is 0 Å². The molecule has 5 nitrogen and oxygen atoms in total. The molecule has 1 fully saturated rings. The summed E-state index contributed by atoms with van der Waals surface area (Å²) < 4.78 is 2.12. The molecule has 0 saturated carbocycles. The van der Waals surface area contributed by atoms with Crippen molar-refractivity contribution >= 4 is 0 Å². The van der Waals surface area contributed by atoms with E-state index < -0.39 is 0 Å². The number of nitriles is 1. The average Bonchev–Trinajstić information content (AvgIpc) is 2.92. The highest BCUT2D eigenvalue weighted by Gasteiger charge is 2.23. The zero-order valence-corrected chi connectivity index (χ0v) is 13.5. The molecule has 1 saturated heterocycles. The lowest BCUT2D eigenvalue weighted by atomic mass is 10.2. The van der Waals surface area contributed by atoms with E-state index in [4.69, 9.17) is 5.26 Å². The summed E-state index contributed by atoms with van der Waals surface area (Å²) in [6, 6.07) is 4.73. The second-order valence-corrected chi connectivity index (χ2v) is 5.66. The first-order valence-electron chi connectivity index (χ1n) is 8.13. The maximum atomic E-state index is 9.16. The van der Waals surface area contributed by atoms with Gasteiger partial charge in [0.1, 0.15) is 0 Å². The van der Waals surface area contributed by atoms with E-state index in [1.54, 1.807) is 0 Å². The lowest BCUT2D eigenvalue weighted by Gasteiger charge is -2.36. The minimum Gasteiger partial charge on any atom is -0.295 e. The molecule has 1 aliphatic rings. The summed E-state index contributed by atoms with van der Waals surface area (Å²) in [6.07, 6.45) is 1.91. The summed E-state index contributed by atoms with van der Waals surface area (Å²) in [4.78, 5) is 4.79. The maximum Gasteiger partial charge on any atom is 0.0976 e. The zero-order chi connectivity index (χ0) is 15.2. The van der Waals surface area contributed by atoms with E-state index in [2.05, 4.69) is 52.5 Å². The quantitative estimate of drug-likeness (QED) is 0.802. The van der Waals surface area contributed by atoms with Gasteiger partial charge >= 0.3 is 0 Å². The number of nitrogens with zero attached hydrogens (tertiary/aromatic N) is 5. The van der Waals surface area contributed by atoms with Crippen molar-refractivity contribution in [1.82, 2.24) is 19.6 Å². The van der Waals surface area contributed by atoms with Gasteiger partial charge in [-0.3, -0.25) is 14.5 Å². The van der Waals surface area contributed by atoms with E-state index in [0.717, 1.165) is 52.1 Å². The minimum absolute atomic E-state index is 0.0833. The molecule has 21 heavy (non-hydrogen) atoms. The Bertz CT molecular complexity index is 479. The number of aromatic nitrogens is 2. The summed E-state index contributed by atoms with van der Waals surface area (Å²) >= 11 is 0. The molecule has 0 spiro atoms. The van der Waals surface area contributed by atoms with E-state index >= 15 is 0 Å². The molecule has 0 aliphatic carbocycles. The smallest absolute Gasteiger partial charge is 0.0976 e. The lowest BCUT2D eigenvalue weighted by molar-refractivity contribution is 0.106. The van der Waals surface area contributed by atoms with Crippen molar-refractivity contribution < 1.29 is 0 Å². The Morgan fingerprint density at radius 1 is 1.24 bits per heavy atom. The molecule has 2 heterocycles. The van der Waals surface area contributed by atoms with E-state index in [9.17, 15) is 0 Å². The van der Waals surface area contributed by atoms with Crippen LogP contribution in [0.4, 0.5) is 0 Å². The predicted molar refractivity (Wildman–Crippen MR) is 83.8 cm³/mol. The molecule has 5 heteroatoms. The molecular weight excluding hydrogens is 262 g/mol. The summed E-state index contributed by atoms with van der Waals surface area (Å²) in [5.41, 5.74) is 2.50. The van der Waals surface area contributed by atoms with Crippen LogP contribution in [0.15, 0.2) is 6.07 Å². The number of piperazine rings is 1. The second-order valence-electron chi connectivity index (χ2n) is 5.66. The van der Waals surface area contributed by atoms with Gasteiger partial charge < -0.3 is 0 Å². The number of rotatable bonds is 6. The van der Waals surface area contributed by atoms with Crippen molar-refractivity contribution in [2.45, 2.75) is 52.7 Å². The molecule has 1 unspecified atom stereocenters. The molecule has 0 radical (unpaired) electrons. The highest BCUT2D eigenvalue weighted by molar-refractivity contribution is 5.10. The highest BCUT2D eigenvalue weighted by Crippen LogP contribution is 2.13. The van der Waals surface area contributed by atoms with Crippen LogP contribution in [0, 0.1) is 11.3 Å². The molecule has 1 aromatic rings. The van der Waals surface area contributed by atoms with Gasteiger partial charge in [0, 0.05) is 39.3 Å². The Morgan fingerprint density at radius 3 is 2.48 bits per heavy atom. The van der Waals surface area contributed by atoms with Gasteiger partial charge in [-0.1, -0.05) is 13.8 Å². The number of hydrogen-bond acceptors (Lipinski definition) is 4. The molecule has 0 amide bonds. The second kappa shape index (κ2) is 7.58. The number of hydrogen-bond donors (Lipinski definition) is 0. The fraction of sp³-hybridized carbons (Fsp3) is 0.750. The van der Waals surface area contributed by atoms with Gasteiger partial charge in [0.25, 0.3) is 0 Å². The fourth-order valence-corrected chi connectivity index (χ4v) is 2.98. The lowest BCUT2D eigenvalue weighted by Crippen LogP contribution is -2.49. The summed E-state index contributed by atoms with van der Waals surface area (Å²) in [5, 5.41) is 13.8. The molecule has 1 atom stereocenters. The fourth-order valence-electron chi connectivity index (χ4n) is 2.98. The molecule has 2 rings (SSSR count). The van der Waals surface area contributed by atoms with Crippen LogP contribution in [0.3, 0.4) is 0 Å². The molecular formula is C16H27N5. The third-order valence-corrected chi connectivity index (χ3v) is 4.34. The monoisotopic (exact) mass is 289 g/mol. The van der Waals surface area contributed by atoms with E-state index in [1.807, 2.05) is 0 Å². The Kier molecular flexibility index (Phi) is 5.77. The topological polar surface area (TPSA) is 48.1 Å². The minimum atomic E-state index is 0.0833. The Balaban J connectivity index is 1.92. The first-order chi connectivity index (χ1) is 10.2. The molecule has 1 aliphatic heterocycles. The maximum absolute atomic E-state index is 9.16. The van der Waals surface area contributed by atoms with Crippen molar-refractivity contribution in [3.8, 4) is 6.07 Å². The molecule has 1 aromatic heterocycles. The summed E-state index contributed by atoms with van der Waals surface area (Å²) in [7, 11) is 0. The van der Waals surface area contributed by atoms with Crippen LogP contribution in [-0.4, -0.2) is 51.8 Å². The summed E-state index contributed by atoms with van der Waals surface area (Å²) in [5.74, 6) is 0. The number of aryl methyl sites for hydroxylation is 2. The molecule has 0 aromatic carbocycles. The van der Waals surface area contributed by atoms with Crippen LogP contribution in [0.2, 0.25) is 0 Å². The van der Waals surface area contributed by atoms with Crippen LogP contribution in [0.25, 0.3) is 0 Å². The van der Waals surface area contributed by atoms with Gasteiger partial charge in [-0.15, -0.1) is 0 Å².